The Balaban J connectivity index is 2.06. The second-order valence-corrected chi connectivity index (χ2v) is 7.13. The first kappa shape index (κ1) is 15.5. The van der Waals surface area contributed by atoms with Crippen LogP contribution in [0.15, 0.2) is 24.3 Å². The molecule has 0 spiro atoms. The van der Waals surface area contributed by atoms with Crippen molar-refractivity contribution in [2.45, 2.75) is 65.1 Å². The van der Waals surface area contributed by atoms with E-state index in [2.05, 4.69) is 69.1 Å². The van der Waals surface area contributed by atoms with Gasteiger partial charge in [0.1, 0.15) is 0 Å². The molecule has 0 aliphatic carbocycles. The highest BCUT2D eigenvalue weighted by atomic mass is 15.2. The first-order valence-corrected chi connectivity index (χ1v) is 7.99. The van der Waals surface area contributed by atoms with E-state index < -0.39 is 0 Å². The van der Waals surface area contributed by atoms with Gasteiger partial charge in [-0.2, -0.15) is 0 Å². The Morgan fingerprint density at radius 2 is 1.90 bits per heavy atom. The number of piperazine rings is 1. The molecule has 2 rings (SSSR count). The summed E-state index contributed by atoms with van der Waals surface area (Å²) in [5.41, 5.74) is 3.09. The molecule has 1 atom stereocenters. The summed E-state index contributed by atoms with van der Waals surface area (Å²) in [6.07, 6.45) is 1.22. The minimum Gasteiger partial charge on any atom is -0.309 e. The van der Waals surface area contributed by atoms with Gasteiger partial charge in [-0.05, 0) is 37.3 Å². The van der Waals surface area contributed by atoms with E-state index in [1.165, 1.54) is 17.5 Å². The Morgan fingerprint density at radius 1 is 1.25 bits per heavy atom. The van der Waals surface area contributed by atoms with Crippen molar-refractivity contribution < 1.29 is 0 Å². The lowest BCUT2D eigenvalue weighted by atomic mass is 9.96. The van der Waals surface area contributed by atoms with Crippen molar-refractivity contribution >= 4 is 0 Å². The van der Waals surface area contributed by atoms with Crippen LogP contribution in [0.2, 0.25) is 0 Å². The number of nitrogens with one attached hydrogen (secondary N) is 1. The first-order chi connectivity index (χ1) is 9.41. The molecule has 2 nitrogen and oxygen atoms in total. The quantitative estimate of drug-likeness (QED) is 0.899. The molecule has 0 bridgehead atoms. The largest absolute Gasteiger partial charge is 0.309 e. The van der Waals surface area contributed by atoms with Crippen LogP contribution in [0.5, 0.6) is 0 Å². The molecule has 112 valence electrons. The summed E-state index contributed by atoms with van der Waals surface area (Å²) in [7, 11) is 0. The van der Waals surface area contributed by atoms with Gasteiger partial charge < -0.3 is 5.32 Å². The van der Waals surface area contributed by atoms with Gasteiger partial charge in [-0.1, -0.05) is 45.0 Å². The van der Waals surface area contributed by atoms with Crippen LogP contribution in [0.1, 0.15) is 58.1 Å². The minimum absolute atomic E-state index is 0.226. The number of hydrogen-bond acceptors (Lipinski definition) is 2. The van der Waals surface area contributed by atoms with Crippen LogP contribution in [-0.4, -0.2) is 29.6 Å². The fourth-order valence-corrected chi connectivity index (χ4v) is 3.05. The van der Waals surface area contributed by atoms with Crippen LogP contribution >= 0.6 is 0 Å². The summed E-state index contributed by atoms with van der Waals surface area (Å²) in [6.45, 7) is 14.7. The van der Waals surface area contributed by atoms with Gasteiger partial charge in [0.15, 0.2) is 0 Å². The van der Waals surface area contributed by atoms with Gasteiger partial charge in [-0.25, -0.2) is 0 Å². The molecule has 20 heavy (non-hydrogen) atoms. The molecule has 0 radical (unpaired) electrons. The minimum atomic E-state index is 0.226. The molecular formula is C18H30N2. The van der Waals surface area contributed by atoms with Crippen LogP contribution in [0.4, 0.5) is 0 Å². The molecule has 1 N–H and O–H groups in total. The standard InChI is InChI=1S/C18H30N2/c1-6-17-11-19-18(4,5)13-20(17)12-15-7-9-16(10-8-15)14(2)3/h7-10,14,17,19H,6,11-13H2,1-5H3. The van der Waals surface area contributed by atoms with Crippen molar-refractivity contribution in [1.82, 2.24) is 10.2 Å². The van der Waals surface area contributed by atoms with Crippen LogP contribution in [0.3, 0.4) is 0 Å². The summed E-state index contributed by atoms with van der Waals surface area (Å²) in [6, 6.07) is 9.84. The molecule has 1 aromatic rings. The third kappa shape index (κ3) is 3.83. The predicted octanol–water partition coefficient (Wildman–Crippen LogP) is 3.77. The molecule has 2 heteroatoms. The lowest BCUT2D eigenvalue weighted by Crippen LogP contribution is -2.60. The Kier molecular flexibility index (Phi) is 4.87. The van der Waals surface area contributed by atoms with Crippen LogP contribution in [0, 0.1) is 0 Å². The zero-order valence-electron chi connectivity index (χ0n) is 13.7. The number of nitrogens with zero attached hydrogens (tertiary/aromatic N) is 1. The Bertz CT molecular complexity index is 420. The third-order valence-corrected chi connectivity index (χ3v) is 4.43. The molecular weight excluding hydrogens is 244 g/mol. The molecule has 1 aliphatic rings. The van der Waals surface area contributed by atoms with Crippen LogP contribution < -0.4 is 5.32 Å². The van der Waals surface area contributed by atoms with Gasteiger partial charge in [0.25, 0.3) is 0 Å². The van der Waals surface area contributed by atoms with Crippen LogP contribution in [0.25, 0.3) is 0 Å². The average Bonchev–Trinajstić information content (AvgIpc) is 2.38. The zero-order chi connectivity index (χ0) is 14.8. The maximum absolute atomic E-state index is 3.66. The van der Waals surface area contributed by atoms with E-state index in [1.807, 2.05) is 0 Å². The topological polar surface area (TPSA) is 15.3 Å². The molecule has 1 saturated heterocycles. The normalized spacial score (nSPS) is 23.2. The third-order valence-electron chi connectivity index (χ3n) is 4.43. The number of hydrogen-bond donors (Lipinski definition) is 1. The van der Waals surface area contributed by atoms with Gasteiger partial charge in [0, 0.05) is 31.2 Å². The maximum atomic E-state index is 3.66. The Morgan fingerprint density at radius 3 is 2.45 bits per heavy atom. The summed E-state index contributed by atoms with van der Waals surface area (Å²) < 4.78 is 0. The van der Waals surface area contributed by atoms with Crippen molar-refractivity contribution in [3.05, 3.63) is 35.4 Å². The molecule has 0 saturated carbocycles. The number of rotatable bonds is 4. The molecule has 1 aliphatic heterocycles. The molecule has 1 fully saturated rings. The van der Waals surface area contributed by atoms with Crippen molar-refractivity contribution in [3.63, 3.8) is 0 Å². The molecule has 0 aromatic heterocycles. The SMILES string of the molecule is CCC1CNC(C)(C)CN1Cc1ccc(C(C)C)cc1. The van der Waals surface area contributed by atoms with E-state index in [1.54, 1.807) is 0 Å². The van der Waals surface area contributed by atoms with E-state index in [9.17, 15) is 0 Å². The second kappa shape index (κ2) is 6.28. The van der Waals surface area contributed by atoms with E-state index >= 15 is 0 Å². The highest BCUT2D eigenvalue weighted by molar-refractivity contribution is 5.24. The van der Waals surface area contributed by atoms with Crippen LogP contribution in [-0.2, 0) is 6.54 Å². The van der Waals surface area contributed by atoms with E-state index in [-0.39, 0.29) is 5.54 Å². The fourth-order valence-electron chi connectivity index (χ4n) is 3.05. The molecule has 1 aromatic carbocycles. The van der Waals surface area contributed by atoms with E-state index in [4.69, 9.17) is 0 Å². The molecule has 1 unspecified atom stereocenters. The zero-order valence-corrected chi connectivity index (χ0v) is 13.7. The first-order valence-electron chi connectivity index (χ1n) is 7.99. The average molecular weight is 274 g/mol. The lowest BCUT2D eigenvalue weighted by Gasteiger charge is -2.44. The van der Waals surface area contributed by atoms with E-state index in [0.29, 0.717) is 12.0 Å². The van der Waals surface area contributed by atoms with Gasteiger partial charge in [-0.3, -0.25) is 4.90 Å². The monoisotopic (exact) mass is 274 g/mol. The van der Waals surface area contributed by atoms with Gasteiger partial charge in [0.05, 0.1) is 0 Å². The fraction of sp³-hybridized carbons (Fsp3) is 0.667. The summed E-state index contributed by atoms with van der Waals surface area (Å²) >= 11 is 0. The lowest BCUT2D eigenvalue weighted by molar-refractivity contribution is 0.0858. The number of benzene rings is 1. The van der Waals surface area contributed by atoms with Gasteiger partial charge >= 0.3 is 0 Å². The second-order valence-electron chi connectivity index (χ2n) is 7.13. The highest BCUT2D eigenvalue weighted by Gasteiger charge is 2.31. The van der Waals surface area contributed by atoms with E-state index in [0.717, 1.165) is 19.6 Å². The summed E-state index contributed by atoms with van der Waals surface area (Å²) in [5.74, 6) is 0.616. The Labute approximate surface area is 124 Å². The summed E-state index contributed by atoms with van der Waals surface area (Å²) in [4.78, 5) is 2.64. The smallest absolute Gasteiger partial charge is 0.0253 e. The van der Waals surface area contributed by atoms with Crippen molar-refractivity contribution in [1.29, 1.82) is 0 Å². The predicted molar refractivity (Wildman–Crippen MR) is 87.1 cm³/mol. The molecule has 1 heterocycles. The summed E-state index contributed by atoms with van der Waals surface area (Å²) in [5, 5.41) is 3.66. The van der Waals surface area contributed by atoms with Crippen molar-refractivity contribution in [2.75, 3.05) is 13.1 Å². The maximum Gasteiger partial charge on any atom is 0.0253 e. The van der Waals surface area contributed by atoms with Gasteiger partial charge in [-0.15, -0.1) is 0 Å². The van der Waals surface area contributed by atoms with Crippen molar-refractivity contribution in [3.8, 4) is 0 Å². The molecule has 0 amide bonds. The van der Waals surface area contributed by atoms with Gasteiger partial charge in [0.2, 0.25) is 0 Å². The highest BCUT2D eigenvalue weighted by Crippen LogP contribution is 2.21. The van der Waals surface area contributed by atoms with Crippen molar-refractivity contribution in [2.24, 2.45) is 0 Å². The Hall–Kier alpha value is -0.860.